The van der Waals surface area contributed by atoms with E-state index < -0.39 is 0 Å². The lowest BCUT2D eigenvalue weighted by Crippen LogP contribution is -2.29. The van der Waals surface area contributed by atoms with Gasteiger partial charge in [0.25, 0.3) is 0 Å². The molecule has 68 valence electrons. The molecule has 3 heteroatoms. The molecule has 0 amide bonds. The fourth-order valence-electron chi connectivity index (χ4n) is 2.08. The molecule has 1 unspecified atom stereocenters. The summed E-state index contributed by atoms with van der Waals surface area (Å²) >= 11 is 0. The van der Waals surface area contributed by atoms with Gasteiger partial charge in [-0.3, -0.25) is 0 Å². The van der Waals surface area contributed by atoms with Gasteiger partial charge in [0.1, 0.15) is 5.60 Å². The zero-order valence-electron chi connectivity index (χ0n) is 7.60. The van der Waals surface area contributed by atoms with Crippen molar-refractivity contribution in [2.75, 3.05) is 13.1 Å². The van der Waals surface area contributed by atoms with Crippen LogP contribution >= 0.6 is 0 Å². The summed E-state index contributed by atoms with van der Waals surface area (Å²) in [7, 11) is 0. The second kappa shape index (κ2) is 3.05. The van der Waals surface area contributed by atoms with E-state index in [4.69, 9.17) is 4.84 Å². The molecule has 0 aliphatic carbocycles. The number of nitrogens with zero attached hydrogens (tertiary/aromatic N) is 1. The maximum atomic E-state index is 5.52. The van der Waals surface area contributed by atoms with Crippen LogP contribution in [0.1, 0.15) is 32.6 Å². The van der Waals surface area contributed by atoms with Gasteiger partial charge in [0.05, 0.1) is 5.71 Å². The Morgan fingerprint density at radius 2 is 2.33 bits per heavy atom. The fourth-order valence-corrected chi connectivity index (χ4v) is 2.08. The zero-order valence-corrected chi connectivity index (χ0v) is 7.60. The monoisotopic (exact) mass is 168 g/mol. The van der Waals surface area contributed by atoms with Gasteiger partial charge in [-0.15, -0.1) is 0 Å². The Bertz CT molecular complexity index is 193. The van der Waals surface area contributed by atoms with Crippen LogP contribution in [0.3, 0.4) is 0 Å². The minimum Gasteiger partial charge on any atom is -0.389 e. The zero-order chi connectivity index (χ0) is 8.44. The maximum Gasteiger partial charge on any atom is 0.144 e. The Labute approximate surface area is 73.2 Å². The van der Waals surface area contributed by atoms with Gasteiger partial charge in [-0.25, -0.2) is 0 Å². The van der Waals surface area contributed by atoms with E-state index in [1.54, 1.807) is 0 Å². The third-order valence-electron chi connectivity index (χ3n) is 2.72. The lowest BCUT2D eigenvalue weighted by Gasteiger charge is -2.23. The standard InChI is InChI=1S/C9H16N2O/c1-8-7-9(12-11-8)3-2-5-10-6-4-9/h10H,2-7H2,1H3. The quantitative estimate of drug-likeness (QED) is 0.591. The lowest BCUT2D eigenvalue weighted by molar-refractivity contribution is -0.0274. The Kier molecular flexibility index (Phi) is 2.05. The van der Waals surface area contributed by atoms with Crippen LogP contribution in [0.4, 0.5) is 0 Å². The molecule has 12 heavy (non-hydrogen) atoms. The lowest BCUT2D eigenvalue weighted by atomic mass is 9.90. The normalized spacial score (nSPS) is 35.9. The van der Waals surface area contributed by atoms with Crippen molar-refractivity contribution < 1.29 is 4.84 Å². The summed E-state index contributed by atoms with van der Waals surface area (Å²) in [6, 6.07) is 0. The second-order valence-corrected chi connectivity index (χ2v) is 3.88. The highest BCUT2D eigenvalue weighted by Gasteiger charge is 2.37. The molecule has 1 fully saturated rings. The van der Waals surface area contributed by atoms with Crippen molar-refractivity contribution in [1.82, 2.24) is 5.32 Å². The Morgan fingerprint density at radius 1 is 1.42 bits per heavy atom. The summed E-state index contributed by atoms with van der Waals surface area (Å²) in [4.78, 5) is 5.52. The molecule has 2 aliphatic heterocycles. The number of hydrogen-bond acceptors (Lipinski definition) is 3. The third-order valence-corrected chi connectivity index (χ3v) is 2.72. The molecule has 0 aromatic carbocycles. The first-order valence-electron chi connectivity index (χ1n) is 4.73. The second-order valence-electron chi connectivity index (χ2n) is 3.88. The molecule has 2 heterocycles. The SMILES string of the molecule is CC1=NOC2(CCCNCC2)C1. The summed E-state index contributed by atoms with van der Waals surface area (Å²) in [6.45, 7) is 4.25. The van der Waals surface area contributed by atoms with Crippen LogP contribution in [0.25, 0.3) is 0 Å². The molecule has 1 saturated heterocycles. The van der Waals surface area contributed by atoms with Crippen LogP contribution in [0, 0.1) is 0 Å². The van der Waals surface area contributed by atoms with Crippen molar-refractivity contribution >= 4 is 5.71 Å². The van der Waals surface area contributed by atoms with Gasteiger partial charge >= 0.3 is 0 Å². The van der Waals surface area contributed by atoms with Crippen LogP contribution in [0.5, 0.6) is 0 Å². The first kappa shape index (κ1) is 8.05. The predicted octanol–water partition coefficient (Wildman–Crippen LogP) is 1.29. The first-order chi connectivity index (χ1) is 5.81. The Balaban J connectivity index is 2.01. The van der Waals surface area contributed by atoms with Gasteiger partial charge in [-0.2, -0.15) is 0 Å². The molecule has 1 atom stereocenters. The van der Waals surface area contributed by atoms with Gasteiger partial charge in [0.15, 0.2) is 0 Å². The van der Waals surface area contributed by atoms with Gasteiger partial charge in [0, 0.05) is 12.8 Å². The molecule has 3 nitrogen and oxygen atoms in total. The van der Waals surface area contributed by atoms with E-state index in [1.807, 2.05) is 6.92 Å². The number of hydrogen-bond donors (Lipinski definition) is 1. The van der Waals surface area contributed by atoms with Crippen LogP contribution in [-0.4, -0.2) is 24.4 Å². The third kappa shape index (κ3) is 1.46. The van der Waals surface area contributed by atoms with Crippen LogP contribution in [0.15, 0.2) is 5.16 Å². The predicted molar refractivity (Wildman–Crippen MR) is 48.3 cm³/mol. The van der Waals surface area contributed by atoms with E-state index >= 15 is 0 Å². The molecule has 2 rings (SSSR count). The van der Waals surface area contributed by atoms with E-state index in [2.05, 4.69) is 10.5 Å². The van der Waals surface area contributed by atoms with Crippen LogP contribution in [-0.2, 0) is 4.84 Å². The molecular formula is C9H16N2O. The van der Waals surface area contributed by atoms with Crippen molar-refractivity contribution in [2.45, 2.75) is 38.2 Å². The number of nitrogens with one attached hydrogen (secondary N) is 1. The minimum absolute atomic E-state index is 0.0631. The fraction of sp³-hybridized carbons (Fsp3) is 0.889. The van der Waals surface area contributed by atoms with E-state index in [0.29, 0.717) is 0 Å². The number of oxime groups is 1. The van der Waals surface area contributed by atoms with Gasteiger partial charge in [-0.05, 0) is 32.9 Å². The molecule has 2 aliphatic rings. The van der Waals surface area contributed by atoms with E-state index in [0.717, 1.165) is 38.1 Å². The average molecular weight is 168 g/mol. The molecule has 0 aromatic heterocycles. The Hall–Kier alpha value is -0.570. The minimum atomic E-state index is 0.0631. The van der Waals surface area contributed by atoms with Crippen LogP contribution < -0.4 is 5.32 Å². The first-order valence-corrected chi connectivity index (χ1v) is 4.73. The molecule has 0 radical (unpaired) electrons. The molecule has 0 aromatic rings. The maximum absolute atomic E-state index is 5.52. The summed E-state index contributed by atoms with van der Waals surface area (Å²) in [5.74, 6) is 0. The van der Waals surface area contributed by atoms with Crippen molar-refractivity contribution in [3.8, 4) is 0 Å². The van der Waals surface area contributed by atoms with Crippen molar-refractivity contribution in [3.05, 3.63) is 0 Å². The average Bonchev–Trinajstić information content (AvgIpc) is 2.30. The highest BCUT2D eigenvalue weighted by atomic mass is 16.7. The van der Waals surface area contributed by atoms with Gasteiger partial charge in [0.2, 0.25) is 0 Å². The van der Waals surface area contributed by atoms with Crippen molar-refractivity contribution in [1.29, 1.82) is 0 Å². The highest BCUT2D eigenvalue weighted by molar-refractivity contribution is 5.83. The summed E-state index contributed by atoms with van der Waals surface area (Å²) in [5, 5.41) is 7.43. The molecule has 1 spiro atoms. The molecular weight excluding hydrogens is 152 g/mol. The molecule has 1 N–H and O–H groups in total. The van der Waals surface area contributed by atoms with E-state index in [9.17, 15) is 0 Å². The van der Waals surface area contributed by atoms with Crippen molar-refractivity contribution in [3.63, 3.8) is 0 Å². The number of rotatable bonds is 0. The van der Waals surface area contributed by atoms with Gasteiger partial charge in [-0.1, -0.05) is 5.16 Å². The largest absolute Gasteiger partial charge is 0.389 e. The van der Waals surface area contributed by atoms with E-state index in [1.165, 1.54) is 6.42 Å². The molecule has 0 saturated carbocycles. The summed E-state index contributed by atoms with van der Waals surface area (Å²) in [5.41, 5.74) is 1.21. The molecule has 0 bridgehead atoms. The summed E-state index contributed by atoms with van der Waals surface area (Å²) in [6.07, 6.45) is 4.51. The van der Waals surface area contributed by atoms with Gasteiger partial charge < -0.3 is 10.2 Å². The topological polar surface area (TPSA) is 33.6 Å². The van der Waals surface area contributed by atoms with Crippen LogP contribution in [0.2, 0.25) is 0 Å². The highest BCUT2D eigenvalue weighted by Crippen LogP contribution is 2.32. The Morgan fingerprint density at radius 3 is 3.08 bits per heavy atom. The van der Waals surface area contributed by atoms with Crippen molar-refractivity contribution in [2.24, 2.45) is 5.16 Å². The van der Waals surface area contributed by atoms with E-state index in [-0.39, 0.29) is 5.60 Å². The smallest absolute Gasteiger partial charge is 0.144 e. The summed E-state index contributed by atoms with van der Waals surface area (Å²) < 4.78 is 0.